The van der Waals surface area contributed by atoms with Gasteiger partial charge in [-0.3, -0.25) is 14.7 Å². The number of aromatic nitrogens is 1. The fourth-order valence-corrected chi connectivity index (χ4v) is 3.38. The first-order chi connectivity index (χ1) is 10.8. The van der Waals surface area contributed by atoms with Crippen LogP contribution in [-0.4, -0.2) is 46.9 Å². The molecule has 1 aliphatic rings. The molecule has 0 radical (unpaired) electrons. The van der Waals surface area contributed by atoms with Crippen LogP contribution < -0.4 is 5.73 Å². The van der Waals surface area contributed by atoms with Crippen LogP contribution in [0.25, 0.3) is 0 Å². The average molecular weight is 389 g/mol. The summed E-state index contributed by atoms with van der Waals surface area (Å²) in [4.78, 5) is 22.4. The Labute approximate surface area is 158 Å². The Kier molecular flexibility index (Phi) is 8.66. The van der Waals surface area contributed by atoms with Crippen molar-refractivity contribution in [2.75, 3.05) is 26.2 Å². The number of halogens is 2. The minimum absolute atomic E-state index is 0. The number of carbonyl (C=O) groups is 1. The number of hydrogen-bond acceptors (Lipinski definition) is 5. The van der Waals surface area contributed by atoms with Crippen molar-refractivity contribution < 1.29 is 4.79 Å². The van der Waals surface area contributed by atoms with Crippen LogP contribution in [0, 0.1) is 0 Å². The fraction of sp³-hybridized carbons (Fsp3) is 0.375. The van der Waals surface area contributed by atoms with Gasteiger partial charge in [-0.25, -0.2) is 0 Å². The molecule has 0 aromatic carbocycles. The zero-order chi connectivity index (χ0) is 15.4. The number of carbonyl (C=O) groups excluding carboxylic acids is 1. The van der Waals surface area contributed by atoms with Crippen molar-refractivity contribution in [1.29, 1.82) is 0 Å². The third-order valence-electron chi connectivity index (χ3n) is 3.89. The van der Waals surface area contributed by atoms with E-state index in [0.717, 1.165) is 38.4 Å². The van der Waals surface area contributed by atoms with Crippen LogP contribution in [0.4, 0.5) is 0 Å². The standard InChI is InChI=1S/C16H20N4OS.2ClH/c17-11-14-10-13(3-4-18-14)16(21)20-7-5-19(6-8-20)12-15-2-1-9-22-15;;/h1-4,9-10H,5-8,11-12,17H2;2*1H. The maximum Gasteiger partial charge on any atom is 0.254 e. The average Bonchev–Trinajstić information content (AvgIpc) is 3.08. The Balaban J connectivity index is 0.00000144. The van der Waals surface area contributed by atoms with Gasteiger partial charge in [-0.2, -0.15) is 0 Å². The third kappa shape index (κ3) is 5.16. The van der Waals surface area contributed by atoms with Crippen LogP contribution in [0.2, 0.25) is 0 Å². The van der Waals surface area contributed by atoms with Crippen molar-refractivity contribution in [2.24, 2.45) is 5.73 Å². The van der Waals surface area contributed by atoms with E-state index in [1.807, 2.05) is 4.90 Å². The molecule has 1 amide bonds. The molecule has 0 bridgehead atoms. The number of nitrogens with zero attached hydrogens (tertiary/aromatic N) is 3. The van der Waals surface area contributed by atoms with Crippen LogP contribution in [0.3, 0.4) is 0 Å². The molecule has 1 saturated heterocycles. The Morgan fingerprint density at radius 2 is 1.96 bits per heavy atom. The van der Waals surface area contributed by atoms with Crippen LogP contribution >= 0.6 is 36.2 Å². The van der Waals surface area contributed by atoms with Crippen molar-refractivity contribution in [3.63, 3.8) is 0 Å². The van der Waals surface area contributed by atoms with Gasteiger partial charge in [0.05, 0.1) is 5.69 Å². The Morgan fingerprint density at radius 1 is 1.21 bits per heavy atom. The maximum absolute atomic E-state index is 12.5. The van der Waals surface area contributed by atoms with E-state index >= 15 is 0 Å². The Morgan fingerprint density at radius 3 is 2.58 bits per heavy atom. The van der Waals surface area contributed by atoms with Crippen molar-refractivity contribution in [1.82, 2.24) is 14.8 Å². The second-order valence-corrected chi connectivity index (χ2v) is 6.42. The van der Waals surface area contributed by atoms with Crippen molar-refractivity contribution in [2.45, 2.75) is 13.1 Å². The number of rotatable bonds is 4. The van der Waals surface area contributed by atoms with Crippen LogP contribution in [-0.2, 0) is 13.1 Å². The number of nitrogens with two attached hydrogens (primary N) is 1. The Bertz CT molecular complexity index is 631. The normalized spacial score (nSPS) is 14.6. The highest BCUT2D eigenvalue weighted by Gasteiger charge is 2.22. The number of thiophene rings is 1. The van der Waals surface area contributed by atoms with Crippen LogP contribution in [0.5, 0.6) is 0 Å². The Hall–Kier alpha value is -1.18. The molecule has 8 heteroatoms. The van der Waals surface area contributed by atoms with Gasteiger partial charge in [0.15, 0.2) is 0 Å². The van der Waals surface area contributed by atoms with Gasteiger partial charge in [0, 0.05) is 55.9 Å². The lowest BCUT2D eigenvalue weighted by Gasteiger charge is -2.34. The molecule has 0 saturated carbocycles. The first-order valence-corrected chi connectivity index (χ1v) is 8.33. The van der Waals surface area contributed by atoms with Gasteiger partial charge in [-0.15, -0.1) is 36.2 Å². The van der Waals surface area contributed by atoms with Gasteiger partial charge >= 0.3 is 0 Å². The van der Waals surface area contributed by atoms with E-state index in [1.54, 1.807) is 29.7 Å². The maximum atomic E-state index is 12.5. The van der Waals surface area contributed by atoms with E-state index in [-0.39, 0.29) is 30.7 Å². The molecule has 2 aromatic heterocycles. The number of amides is 1. The zero-order valence-corrected chi connectivity index (χ0v) is 15.7. The predicted octanol–water partition coefficient (Wildman–Crippen LogP) is 2.40. The molecular weight excluding hydrogens is 367 g/mol. The summed E-state index contributed by atoms with van der Waals surface area (Å²) < 4.78 is 0. The molecule has 2 N–H and O–H groups in total. The van der Waals surface area contributed by atoms with Gasteiger partial charge in [-0.1, -0.05) is 6.07 Å². The summed E-state index contributed by atoms with van der Waals surface area (Å²) in [5.74, 6) is 0.0767. The second kappa shape index (κ2) is 9.96. The number of hydrogen-bond donors (Lipinski definition) is 1. The van der Waals surface area contributed by atoms with Gasteiger partial charge in [0.1, 0.15) is 0 Å². The highest BCUT2D eigenvalue weighted by atomic mass is 35.5. The second-order valence-electron chi connectivity index (χ2n) is 5.39. The summed E-state index contributed by atoms with van der Waals surface area (Å²) in [6.45, 7) is 4.70. The molecule has 0 aliphatic carbocycles. The molecule has 0 spiro atoms. The SMILES string of the molecule is Cl.Cl.NCc1cc(C(=O)N2CCN(Cc3cccs3)CC2)ccn1. The fourth-order valence-electron chi connectivity index (χ4n) is 2.64. The molecule has 2 aromatic rings. The minimum Gasteiger partial charge on any atom is -0.336 e. The molecule has 5 nitrogen and oxygen atoms in total. The van der Waals surface area contributed by atoms with Gasteiger partial charge in [0.25, 0.3) is 5.91 Å². The lowest BCUT2D eigenvalue weighted by Crippen LogP contribution is -2.48. The summed E-state index contributed by atoms with van der Waals surface area (Å²) >= 11 is 1.78. The van der Waals surface area contributed by atoms with Crippen molar-refractivity contribution in [3.8, 4) is 0 Å². The molecule has 132 valence electrons. The van der Waals surface area contributed by atoms with E-state index in [4.69, 9.17) is 5.73 Å². The van der Waals surface area contributed by atoms with Crippen LogP contribution in [0.15, 0.2) is 35.8 Å². The highest BCUT2D eigenvalue weighted by molar-refractivity contribution is 7.09. The predicted molar refractivity (Wildman–Crippen MR) is 102 cm³/mol. The highest BCUT2D eigenvalue weighted by Crippen LogP contribution is 2.15. The lowest BCUT2D eigenvalue weighted by molar-refractivity contribution is 0.0629. The number of pyridine rings is 1. The largest absolute Gasteiger partial charge is 0.336 e. The molecule has 1 aliphatic heterocycles. The van der Waals surface area contributed by atoms with Gasteiger partial charge in [0.2, 0.25) is 0 Å². The smallest absolute Gasteiger partial charge is 0.254 e. The number of piperazine rings is 1. The van der Waals surface area contributed by atoms with E-state index in [2.05, 4.69) is 27.4 Å². The minimum atomic E-state index is 0. The zero-order valence-electron chi connectivity index (χ0n) is 13.3. The monoisotopic (exact) mass is 388 g/mol. The third-order valence-corrected chi connectivity index (χ3v) is 4.75. The molecule has 3 heterocycles. The van der Waals surface area contributed by atoms with Crippen molar-refractivity contribution in [3.05, 3.63) is 52.0 Å². The molecule has 0 atom stereocenters. The summed E-state index contributed by atoms with van der Waals surface area (Å²) in [7, 11) is 0. The van der Waals surface area contributed by atoms with E-state index < -0.39 is 0 Å². The van der Waals surface area contributed by atoms with Gasteiger partial charge in [-0.05, 0) is 23.6 Å². The van der Waals surface area contributed by atoms with E-state index in [9.17, 15) is 4.79 Å². The molecule has 0 unspecified atom stereocenters. The molecule has 1 fully saturated rings. The topological polar surface area (TPSA) is 62.5 Å². The van der Waals surface area contributed by atoms with Crippen LogP contribution in [0.1, 0.15) is 20.9 Å². The van der Waals surface area contributed by atoms with E-state index in [0.29, 0.717) is 12.1 Å². The summed E-state index contributed by atoms with van der Waals surface area (Å²) in [6, 6.07) is 7.80. The first-order valence-electron chi connectivity index (χ1n) is 7.45. The summed E-state index contributed by atoms with van der Waals surface area (Å²) in [5, 5.41) is 2.10. The molecule has 3 rings (SSSR count). The summed E-state index contributed by atoms with van der Waals surface area (Å²) in [6.07, 6.45) is 1.66. The summed E-state index contributed by atoms with van der Waals surface area (Å²) in [5.41, 5.74) is 7.02. The first kappa shape index (κ1) is 20.9. The van der Waals surface area contributed by atoms with E-state index in [1.165, 1.54) is 4.88 Å². The molecular formula is C16H22Cl2N4OS. The van der Waals surface area contributed by atoms with Gasteiger partial charge < -0.3 is 10.6 Å². The molecule has 24 heavy (non-hydrogen) atoms. The van der Waals surface area contributed by atoms with Crippen molar-refractivity contribution >= 4 is 42.1 Å². The quantitative estimate of drug-likeness (QED) is 0.873. The lowest BCUT2D eigenvalue weighted by atomic mass is 10.2.